The van der Waals surface area contributed by atoms with Gasteiger partial charge in [-0.05, 0) is 44.8 Å². The van der Waals surface area contributed by atoms with Gasteiger partial charge in [0.1, 0.15) is 0 Å². The number of piperidine rings is 1. The molecule has 0 saturated carbocycles. The van der Waals surface area contributed by atoms with Gasteiger partial charge in [0.05, 0.1) is 5.56 Å². The molecule has 3 rings (SSSR count). The first-order valence-electron chi connectivity index (χ1n) is 8.25. The average Bonchev–Trinajstić information content (AvgIpc) is 2.59. The Morgan fingerprint density at radius 1 is 1.30 bits per heavy atom. The van der Waals surface area contributed by atoms with Crippen LogP contribution in [-0.4, -0.2) is 42.5 Å². The number of fused-ring (bicyclic) bond motifs is 1. The lowest BCUT2D eigenvalue weighted by Crippen LogP contribution is -2.39. The van der Waals surface area contributed by atoms with Gasteiger partial charge in [-0.1, -0.05) is 18.2 Å². The van der Waals surface area contributed by atoms with Crippen molar-refractivity contribution in [2.45, 2.75) is 19.3 Å². The zero-order valence-electron chi connectivity index (χ0n) is 13.5. The number of aromatic nitrogens is 1. The van der Waals surface area contributed by atoms with Crippen LogP contribution in [0.4, 0.5) is 0 Å². The Morgan fingerprint density at radius 2 is 2.04 bits per heavy atom. The van der Waals surface area contributed by atoms with Crippen LogP contribution < -0.4 is 10.9 Å². The number of hydrogen-bond acceptors (Lipinski definition) is 3. The molecule has 0 unspecified atom stereocenters. The van der Waals surface area contributed by atoms with E-state index in [2.05, 4.69) is 10.3 Å². The molecule has 0 bridgehead atoms. The van der Waals surface area contributed by atoms with E-state index in [4.69, 9.17) is 0 Å². The van der Waals surface area contributed by atoms with Gasteiger partial charge in [0.15, 0.2) is 0 Å². The Balaban J connectivity index is 1.78. The van der Waals surface area contributed by atoms with Crippen LogP contribution in [0.15, 0.2) is 35.1 Å². The molecule has 5 nitrogen and oxygen atoms in total. The molecule has 1 saturated heterocycles. The summed E-state index contributed by atoms with van der Waals surface area (Å²) in [5.74, 6) is 0.654. The number of pyridine rings is 1. The normalized spacial score (nSPS) is 16.0. The zero-order valence-corrected chi connectivity index (χ0v) is 13.5. The minimum absolute atomic E-state index is 0.0284. The van der Waals surface area contributed by atoms with Gasteiger partial charge in [-0.3, -0.25) is 9.59 Å². The number of para-hydroxylation sites is 1. The van der Waals surface area contributed by atoms with E-state index in [0.717, 1.165) is 44.3 Å². The Morgan fingerprint density at radius 3 is 2.78 bits per heavy atom. The summed E-state index contributed by atoms with van der Waals surface area (Å²) in [5.41, 5.74) is 1.00. The van der Waals surface area contributed by atoms with Crippen molar-refractivity contribution in [2.75, 3.05) is 26.7 Å². The van der Waals surface area contributed by atoms with Crippen LogP contribution in [0.1, 0.15) is 29.6 Å². The Bertz CT molecular complexity index is 745. The third-order valence-corrected chi connectivity index (χ3v) is 4.69. The van der Waals surface area contributed by atoms with E-state index in [9.17, 15) is 9.59 Å². The van der Waals surface area contributed by atoms with Crippen molar-refractivity contribution in [2.24, 2.45) is 5.92 Å². The van der Waals surface area contributed by atoms with Crippen molar-refractivity contribution in [1.82, 2.24) is 15.2 Å². The fourth-order valence-corrected chi connectivity index (χ4v) is 3.33. The van der Waals surface area contributed by atoms with Crippen molar-refractivity contribution >= 4 is 16.8 Å². The molecular formula is C18H23N3O2. The first kappa shape index (κ1) is 15.7. The van der Waals surface area contributed by atoms with E-state index in [-0.39, 0.29) is 11.5 Å². The number of rotatable bonds is 4. The number of H-pyrrole nitrogens is 1. The second-order valence-electron chi connectivity index (χ2n) is 6.22. The average molecular weight is 313 g/mol. The van der Waals surface area contributed by atoms with Gasteiger partial charge in [-0.2, -0.15) is 0 Å². The van der Waals surface area contributed by atoms with Gasteiger partial charge in [0, 0.05) is 30.1 Å². The number of carbonyl (C=O) groups excluding carboxylic acids is 1. The predicted molar refractivity (Wildman–Crippen MR) is 91.7 cm³/mol. The Labute approximate surface area is 135 Å². The lowest BCUT2D eigenvalue weighted by Gasteiger charge is -2.32. The van der Waals surface area contributed by atoms with Crippen LogP contribution in [0.3, 0.4) is 0 Å². The van der Waals surface area contributed by atoms with Crippen molar-refractivity contribution in [3.63, 3.8) is 0 Å². The summed E-state index contributed by atoms with van der Waals surface area (Å²) in [6.45, 7) is 2.57. The van der Waals surface area contributed by atoms with Crippen molar-refractivity contribution in [3.8, 4) is 0 Å². The molecule has 0 atom stereocenters. The Kier molecular flexibility index (Phi) is 4.76. The number of carbonyl (C=O) groups is 1. The number of hydrogen-bond donors (Lipinski definition) is 2. The summed E-state index contributed by atoms with van der Waals surface area (Å²) in [5, 5.41) is 4.00. The molecule has 0 spiro atoms. The van der Waals surface area contributed by atoms with E-state index in [0.29, 0.717) is 17.0 Å². The first-order valence-corrected chi connectivity index (χ1v) is 8.25. The van der Waals surface area contributed by atoms with Gasteiger partial charge in [-0.25, -0.2) is 0 Å². The number of benzene rings is 1. The molecule has 1 aromatic heterocycles. The molecule has 2 aromatic rings. The standard InChI is InChI=1S/C18H23N3O2/c1-19-9-6-13-7-10-21(11-8-13)18(23)15-12-17(22)20-16-5-3-2-4-14(15)16/h2-5,12-13,19H,6-11H2,1H3,(H,20,22). The fourth-order valence-electron chi connectivity index (χ4n) is 3.33. The topological polar surface area (TPSA) is 65.2 Å². The smallest absolute Gasteiger partial charge is 0.254 e. The molecule has 0 radical (unpaired) electrons. The van der Waals surface area contributed by atoms with Crippen molar-refractivity contribution in [3.05, 3.63) is 46.2 Å². The molecule has 2 N–H and O–H groups in total. The van der Waals surface area contributed by atoms with Gasteiger partial charge in [0.2, 0.25) is 5.56 Å². The van der Waals surface area contributed by atoms with Gasteiger partial charge in [0.25, 0.3) is 5.91 Å². The third kappa shape index (κ3) is 3.45. The number of nitrogens with zero attached hydrogens (tertiary/aromatic N) is 1. The highest BCUT2D eigenvalue weighted by molar-refractivity contribution is 6.05. The third-order valence-electron chi connectivity index (χ3n) is 4.69. The largest absolute Gasteiger partial charge is 0.339 e. The summed E-state index contributed by atoms with van der Waals surface area (Å²) < 4.78 is 0. The monoisotopic (exact) mass is 313 g/mol. The summed E-state index contributed by atoms with van der Waals surface area (Å²) >= 11 is 0. The fraction of sp³-hybridized carbons (Fsp3) is 0.444. The van der Waals surface area contributed by atoms with Crippen LogP contribution in [0, 0.1) is 5.92 Å². The van der Waals surface area contributed by atoms with Crippen LogP contribution in [0.5, 0.6) is 0 Å². The molecule has 1 aliphatic heterocycles. The lowest BCUT2D eigenvalue weighted by atomic mass is 9.93. The van der Waals surface area contributed by atoms with E-state index in [1.807, 2.05) is 36.2 Å². The van der Waals surface area contributed by atoms with Crippen LogP contribution in [-0.2, 0) is 0 Å². The Hall–Kier alpha value is -2.14. The summed E-state index contributed by atoms with van der Waals surface area (Å²) in [6, 6.07) is 8.90. The lowest BCUT2D eigenvalue weighted by molar-refractivity contribution is 0.0689. The number of likely N-dealkylation sites (tertiary alicyclic amines) is 1. The molecule has 122 valence electrons. The maximum Gasteiger partial charge on any atom is 0.254 e. The van der Waals surface area contributed by atoms with E-state index >= 15 is 0 Å². The zero-order chi connectivity index (χ0) is 16.2. The molecule has 1 fully saturated rings. The predicted octanol–water partition coefficient (Wildman–Crippen LogP) is 1.99. The highest BCUT2D eigenvalue weighted by atomic mass is 16.2. The molecule has 5 heteroatoms. The maximum absolute atomic E-state index is 12.8. The van der Waals surface area contributed by atoms with Gasteiger partial charge in [-0.15, -0.1) is 0 Å². The van der Waals surface area contributed by atoms with Gasteiger partial charge < -0.3 is 15.2 Å². The van der Waals surface area contributed by atoms with Crippen LogP contribution >= 0.6 is 0 Å². The number of amides is 1. The molecule has 1 aromatic carbocycles. The summed E-state index contributed by atoms with van der Waals surface area (Å²) in [7, 11) is 1.97. The maximum atomic E-state index is 12.8. The van der Waals surface area contributed by atoms with Gasteiger partial charge >= 0.3 is 0 Å². The van der Waals surface area contributed by atoms with Crippen LogP contribution in [0.25, 0.3) is 10.9 Å². The first-order chi connectivity index (χ1) is 11.2. The van der Waals surface area contributed by atoms with E-state index in [1.54, 1.807) is 0 Å². The minimum Gasteiger partial charge on any atom is -0.339 e. The SMILES string of the molecule is CNCCC1CCN(C(=O)c2cc(=O)[nH]c3ccccc23)CC1. The summed E-state index contributed by atoms with van der Waals surface area (Å²) in [4.78, 5) is 29.3. The number of nitrogens with one attached hydrogen (secondary N) is 2. The second kappa shape index (κ2) is 6.96. The highest BCUT2D eigenvalue weighted by Crippen LogP contribution is 2.23. The molecule has 2 heterocycles. The van der Waals surface area contributed by atoms with Crippen LogP contribution in [0.2, 0.25) is 0 Å². The van der Waals surface area contributed by atoms with Crippen molar-refractivity contribution in [1.29, 1.82) is 0 Å². The minimum atomic E-state index is -0.226. The second-order valence-corrected chi connectivity index (χ2v) is 6.22. The molecule has 0 aliphatic carbocycles. The quantitative estimate of drug-likeness (QED) is 0.907. The molecule has 1 amide bonds. The van der Waals surface area contributed by atoms with Crippen molar-refractivity contribution < 1.29 is 4.79 Å². The molecule has 1 aliphatic rings. The summed E-state index contributed by atoms with van der Waals surface area (Å²) in [6.07, 6.45) is 3.23. The number of aromatic amines is 1. The molecular weight excluding hydrogens is 290 g/mol. The molecule has 23 heavy (non-hydrogen) atoms. The van der Waals surface area contributed by atoms with E-state index < -0.39 is 0 Å². The highest BCUT2D eigenvalue weighted by Gasteiger charge is 2.24. The van der Waals surface area contributed by atoms with E-state index in [1.165, 1.54) is 6.07 Å².